The fraction of sp³-hybridized carbons (Fsp3) is 0.333. The molecule has 2 aromatic carbocycles. The average molecular weight is 388 g/mol. The van der Waals surface area contributed by atoms with E-state index < -0.39 is 0 Å². The van der Waals surface area contributed by atoms with Crippen LogP contribution < -0.4 is 10.6 Å². The van der Waals surface area contributed by atoms with Crippen molar-refractivity contribution in [1.82, 2.24) is 10.2 Å². The Morgan fingerprint density at radius 2 is 1.78 bits per heavy atom. The molecule has 2 aromatic rings. The summed E-state index contributed by atoms with van der Waals surface area (Å²) < 4.78 is 0. The van der Waals surface area contributed by atoms with E-state index in [2.05, 4.69) is 22.5 Å². The molecule has 0 saturated carbocycles. The third-order valence-corrected chi connectivity index (χ3v) is 4.55. The molecule has 6 heteroatoms. The number of carbonyl (C=O) groups excluding carboxylic acids is 2. The summed E-state index contributed by atoms with van der Waals surface area (Å²) in [5.74, 6) is -0.448. The molecule has 0 fully saturated rings. The molecule has 0 unspecified atom stereocenters. The maximum Gasteiger partial charge on any atom is 0.243 e. The van der Waals surface area contributed by atoms with Gasteiger partial charge < -0.3 is 10.6 Å². The van der Waals surface area contributed by atoms with E-state index in [1.165, 1.54) is 0 Å². The second-order valence-electron chi connectivity index (χ2n) is 6.43. The summed E-state index contributed by atoms with van der Waals surface area (Å²) in [5.41, 5.74) is 2.61. The summed E-state index contributed by atoms with van der Waals surface area (Å²) in [5, 5.41) is 6.05. The van der Waals surface area contributed by atoms with Crippen LogP contribution in [0.4, 0.5) is 5.69 Å². The van der Waals surface area contributed by atoms with Gasteiger partial charge in [-0.2, -0.15) is 0 Å². The molecular weight excluding hydrogens is 362 g/mol. The fourth-order valence-electron chi connectivity index (χ4n) is 2.75. The van der Waals surface area contributed by atoms with Gasteiger partial charge in [-0.25, -0.2) is 0 Å². The summed E-state index contributed by atoms with van der Waals surface area (Å²) >= 11 is 6.05. The summed E-state index contributed by atoms with van der Waals surface area (Å²) in [6, 6.07) is 15.4. The van der Waals surface area contributed by atoms with Gasteiger partial charge in [0.05, 0.1) is 13.1 Å². The molecule has 2 N–H and O–H groups in total. The molecule has 0 radical (unpaired) electrons. The number of nitrogens with one attached hydrogen (secondary N) is 2. The minimum atomic E-state index is -0.279. The zero-order valence-corrected chi connectivity index (χ0v) is 16.6. The first kappa shape index (κ1) is 20.9. The standard InChI is InChI=1S/C21H26ClN3O2/c1-3-12-25(14-17-8-5-4-6-9-17)15-21(27)23-13-20(26)24-19-11-7-10-18(22)16(19)2/h4-11H,3,12-15H2,1-2H3,(H,23,27)(H,24,26). The maximum atomic E-state index is 12.2. The molecule has 2 amide bonds. The molecule has 0 atom stereocenters. The normalized spacial score (nSPS) is 10.7. The molecule has 0 aliphatic heterocycles. The average Bonchev–Trinajstić information content (AvgIpc) is 2.65. The van der Waals surface area contributed by atoms with E-state index in [9.17, 15) is 9.59 Å². The highest BCUT2D eigenvalue weighted by atomic mass is 35.5. The first-order valence-electron chi connectivity index (χ1n) is 9.07. The maximum absolute atomic E-state index is 12.2. The molecule has 27 heavy (non-hydrogen) atoms. The van der Waals surface area contributed by atoms with Gasteiger partial charge in [0.2, 0.25) is 11.8 Å². The topological polar surface area (TPSA) is 61.4 Å². The van der Waals surface area contributed by atoms with Crippen LogP contribution in [0.5, 0.6) is 0 Å². The van der Waals surface area contributed by atoms with Crippen molar-refractivity contribution in [2.45, 2.75) is 26.8 Å². The highest BCUT2D eigenvalue weighted by molar-refractivity contribution is 6.31. The SMILES string of the molecule is CCCN(CC(=O)NCC(=O)Nc1cccc(Cl)c1C)Cc1ccccc1. The van der Waals surface area contributed by atoms with E-state index >= 15 is 0 Å². The largest absolute Gasteiger partial charge is 0.346 e. The Hall–Kier alpha value is -2.37. The van der Waals surface area contributed by atoms with Crippen molar-refractivity contribution < 1.29 is 9.59 Å². The van der Waals surface area contributed by atoms with Crippen molar-refractivity contribution in [2.75, 3.05) is 25.0 Å². The van der Waals surface area contributed by atoms with Gasteiger partial charge in [0, 0.05) is 17.3 Å². The number of hydrogen-bond donors (Lipinski definition) is 2. The summed E-state index contributed by atoms with van der Waals surface area (Å²) in [4.78, 5) is 26.4. The number of amides is 2. The first-order valence-corrected chi connectivity index (χ1v) is 9.45. The molecule has 0 bridgehead atoms. The van der Waals surface area contributed by atoms with Crippen LogP contribution in [0, 0.1) is 6.92 Å². The van der Waals surface area contributed by atoms with Crippen molar-refractivity contribution in [3.05, 3.63) is 64.7 Å². The minimum Gasteiger partial charge on any atom is -0.346 e. The number of anilines is 1. The van der Waals surface area contributed by atoms with Crippen molar-refractivity contribution in [1.29, 1.82) is 0 Å². The second kappa shape index (κ2) is 10.7. The highest BCUT2D eigenvalue weighted by Gasteiger charge is 2.12. The number of halogens is 1. The van der Waals surface area contributed by atoms with E-state index in [1.54, 1.807) is 18.2 Å². The van der Waals surface area contributed by atoms with Crippen LogP contribution in [-0.2, 0) is 16.1 Å². The molecule has 0 aromatic heterocycles. The zero-order chi connectivity index (χ0) is 19.6. The van der Waals surface area contributed by atoms with Gasteiger partial charge in [0.1, 0.15) is 0 Å². The van der Waals surface area contributed by atoms with Crippen molar-refractivity contribution >= 4 is 29.1 Å². The van der Waals surface area contributed by atoms with Crippen LogP contribution >= 0.6 is 11.6 Å². The van der Waals surface area contributed by atoms with E-state index in [-0.39, 0.29) is 24.9 Å². The number of nitrogens with zero attached hydrogens (tertiary/aromatic N) is 1. The van der Waals surface area contributed by atoms with E-state index in [0.717, 1.165) is 24.1 Å². The lowest BCUT2D eigenvalue weighted by molar-refractivity contribution is -0.125. The predicted molar refractivity (Wildman–Crippen MR) is 110 cm³/mol. The summed E-state index contributed by atoms with van der Waals surface area (Å²) in [6.45, 7) is 5.62. The molecule has 0 heterocycles. The van der Waals surface area contributed by atoms with Crippen LogP contribution in [0.2, 0.25) is 5.02 Å². The van der Waals surface area contributed by atoms with Gasteiger partial charge in [-0.1, -0.05) is 54.9 Å². The summed E-state index contributed by atoms with van der Waals surface area (Å²) in [6.07, 6.45) is 0.953. The molecule has 2 rings (SSSR count). The first-order chi connectivity index (χ1) is 13.0. The van der Waals surface area contributed by atoms with Crippen molar-refractivity contribution in [3.63, 3.8) is 0 Å². The van der Waals surface area contributed by atoms with Crippen LogP contribution in [0.3, 0.4) is 0 Å². The molecule has 0 aliphatic carbocycles. The highest BCUT2D eigenvalue weighted by Crippen LogP contribution is 2.22. The quantitative estimate of drug-likeness (QED) is 0.690. The van der Waals surface area contributed by atoms with Crippen LogP contribution in [0.1, 0.15) is 24.5 Å². The van der Waals surface area contributed by atoms with Crippen LogP contribution in [-0.4, -0.2) is 36.3 Å². The van der Waals surface area contributed by atoms with E-state index in [0.29, 0.717) is 17.3 Å². The minimum absolute atomic E-state index is 0.0733. The molecule has 144 valence electrons. The smallest absolute Gasteiger partial charge is 0.243 e. The Morgan fingerprint density at radius 1 is 1.04 bits per heavy atom. The molecule has 0 saturated heterocycles. The predicted octanol–water partition coefficient (Wildman–Crippen LogP) is 3.62. The van der Waals surface area contributed by atoms with Crippen LogP contribution in [0.25, 0.3) is 0 Å². The van der Waals surface area contributed by atoms with Crippen LogP contribution in [0.15, 0.2) is 48.5 Å². The van der Waals surface area contributed by atoms with Gasteiger partial charge in [0.15, 0.2) is 0 Å². The number of carbonyl (C=O) groups is 2. The van der Waals surface area contributed by atoms with Gasteiger partial charge in [-0.3, -0.25) is 14.5 Å². The summed E-state index contributed by atoms with van der Waals surface area (Å²) in [7, 11) is 0. The lowest BCUT2D eigenvalue weighted by Crippen LogP contribution is -2.40. The van der Waals surface area contributed by atoms with Crippen molar-refractivity contribution in [3.8, 4) is 0 Å². The Balaban J connectivity index is 1.82. The molecular formula is C21H26ClN3O2. The molecule has 0 aliphatic rings. The van der Waals surface area contributed by atoms with Gasteiger partial charge in [0.25, 0.3) is 0 Å². The molecule has 5 nitrogen and oxygen atoms in total. The number of rotatable bonds is 9. The Kier molecular flexibility index (Phi) is 8.30. The van der Waals surface area contributed by atoms with Crippen molar-refractivity contribution in [2.24, 2.45) is 0 Å². The Bertz CT molecular complexity index is 765. The lowest BCUT2D eigenvalue weighted by atomic mass is 10.2. The third-order valence-electron chi connectivity index (χ3n) is 4.14. The number of benzene rings is 2. The Morgan fingerprint density at radius 3 is 2.48 bits per heavy atom. The lowest BCUT2D eigenvalue weighted by Gasteiger charge is -2.21. The number of hydrogen-bond acceptors (Lipinski definition) is 3. The van der Waals surface area contributed by atoms with Gasteiger partial charge >= 0.3 is 0 Å². The van der Waals surface area contributed by atoms with Gasteiger partial charge in [-0.05, 0) is 43.1 Å². The Labute approximate surface area is 165 Å². The third kappa shape index (κ3) is 7.04. The van der Waals surface area contributed by atoms with E-state index in [4.69, 9.17) is 11.6 Å². The fourth-order valence-corrected chi connectivity index (χ4v) is 2.92. The monoisotopic (exact) mass is 387 g/mol. The van der Waals surface area contributed by atoms with Gasteiger partial charge in [-0.15, -0.1) is 0 Å². The molecule has 0 spiro atoms. The zero-order valence-electron chi connectivity index (χ0n) is 15.8. The van der Waals surface area contributed by atoms with E-state index in [1.807, 2.05) is 37.3 Å². The second-order valence-corrected chi connectivity index (χ2v) is 6.84.